The molecule has 2 aromatic rings. The number of alkyl halides is 1. The SMILES string of the molecule is Cc1nc(CF)c(-c2ccccc2)o1. The van der Waals surface area contributed by atoms with E-state index in [4.69, 9.17) is 4.42 Å². The lowest BCUT2D eigenvalue weighted by molar-refractivity contribution is 0.475. The van der Waals surface area contributed by atoms with Crippen LogP contribution in [-0.4, -0.2) is 4.98 Å². The topological polar surface area (TPSA) is 26.0 Å². The highest BCUT2D eigenvalue weighted by atomic mass is 19.1. The number of hydrogen-bond donors (Lipinski definition) is 0. The fraction of sp³-hybridized carbons (Fsp3) is 0.182. The van der Waals surface area contributed by atoms with Gasteiger partial charge >= 0.3 is 0 Å². The molecule has 0 saturated carbocycles. The highest BCUT2D eigenvalue weighted by Gasteiger charge is 2.11. The Labute approximate surface area is 81.4 Å². The van der Waals surface area contributed by atoms with E-state index in [1.165, 1.54) is 0 Å². The Morgan fingerprint density at radius 1 is 1.29 bits per heavy atom. The summed E-state index contributed by atoms with van der Waals surface area (Å²) in [6.07, 6.45) is 0. The molecule has 0 spiro atoms. The van der Waals surface area contributed by atoms with Gasteiger partial charge in [0.1, 0.15) is 12.4 Å². The van der Waals surface area contributed by atoms with Gasteiger partial charge in [-0.3, -0.25) is 0 Å². The van der Waals surface area contributed by atoms with Gasteiger partial charge < -0.3 is 4.42 Å². The lowest BCUT2D eigenvalue weighted by atomic mass is 10.1. The predicted octanol–water partition coefficient (Wildman–Crippen LogP) is 3.12. The van der Waals surface area contributed by atoms with Crippen molar-refractivity contribution in [2.45, 2.75) is 13.6 Å². The maximum atomic E-state index is 12.6. The molecule has 0 aliphatic rings. The van der Waals surface area contributed by atoms with Crippen LogP contribution in [0, 0.1) is 6.92 Å². The molecule has 3 heteroatoms. The minimum Gasteiger partial charge on any atom is -0.441 e. The average molecular weight is 191 g/mol. The summed E-state index contributed by atoms with van der Waals surface area (Å²) in [5.74, 6) is 1.03. The maximum Gasteiger partial charge on any atom is 0.192 e. The molecule has 0 N–H and O–H groups in total. The molecule has 0 atom stereocenters. The molecule has 2 nitrogen and oxygen atoms in total. The molecular weight excluding hydrogens is 181 g/mol. The molecule has 0 unspecified atom stereocenters. The van der Waals surface area contributed by atoms with Crippen molar-refractivity contribution < 1.29 is 8.81 Å². The Morgan fingerprint density at radius 2 is 2.00 bits per heavy atom. The summed E-state index contributed by atoms with van der Waals surface area (Å²) in [7, 11) is 0. The summed E-state index contributed by atoms with van der Waals surface area (Å²) in [5.41, 5.74) is 1.23. The van der Waals surface area contributed by atoms with Crippen LogP contribution in [0.2, 0.25) is 0 Å². The number of hydrogen-bond acceptors (Lipinski definition) is 2. The molecule has 0 bridgehead atoms. The van der Waals surface area contributed by atoms with Crippen LogP contribution in [0.5, 0.6) is 0 Å². The van der Waals surface area contributed by atoms with Crippen molar-refractivity contribution in [1.29, 1.82) is 0 Å². The second kappa shape index (κ2) is 3.62. The Balaban J connectivity index is 2.51. The van der Waals surface area contributed by atoms with Crippen molar-refractivity contribution in [2.75, 3.05) is 0 Å². The van der Waals surface area contributed by atoms with E-state index in [0.717, 1.165) is 5.56 Å². The van der Waals surface area contributed by atoms with Gasteiger partial charge in [-0.1, -0.05) is 30.3 Å². The number of halogens is 1. The van der Waals surface area contributed by atoms with E-state index in [0.29, 0.717) is 17.3 Å². The normalized spacial score (nSPS) is 10.4. The minimum atomic E-state index is -0.596. The first-order valence-electron chi connectivity index (χ1n) is 4.39. The first-order chi connectivity index (χ1) is 6.81. The van der Waals surface area contributed by atoms with E-state index >= 15 is 0 Å². The molecule has 0 aliphatic heterocycles. The van der Waals surface area contributed by atoms with Gasteiger partial charge in [0.05, 0.1) is 0 Å². The fourth-order valence-corrected chi connectivity index (χ4v) is 1.38. The number of aryl methyl sites for hydroxylation is 1. The van der Waals surface area contributed by atoms with Crippen LogP contribution in [0.4, 0.5) is 4.39 Å². The molecule has 1 aromatic carbocycles. The summed E-state index contributed by atoms with van der Waals surface area (Å²) in [4.78, 5) is 3.96. The maximum absolute atomic E-state index is 12.6. The Bertz CT molecular complexity index is 422. The third kappa shape index (κ3) is 1.53. The third-order valence-corrected chi connectivity index (χ3v) is 1.97. The highest BCUT2D eigenvalue weighted by molar-refractivity contribution is 5.59. The van der Waals surface area contributed by atoms with Gasteiger partial charge in [-0.15, -0.1) is 0 Å². The zero-order valence-corrected chi connectivity index (χ0v) is 7.83. The molecule has 2 rings (SSSR count). The Kier molecular flexibility index (Phi) is 2.31. The van der Waals surface area contributed by atoms with Crippen LogP contribution in [0.15, 0.2) is 34.7 Å². The number of benzene rings is 1. The van der Waals surface area contributed by atoms with Crippen molar-refractivity contribution in [1.82, 2.24) is 4.98 Å². The molecule has 0 radical (unpaired) electrons. The summed E-state index contributed by atoms with van der Waals surface area (Å²) >= 11 is 0. The Hall–Kier alpha value is -1.64. The van der Waals surface area contributed by atoms with E-state index < -0.39 is 6.67 Å². The zero-order chi connectivity index (χ0) is 9.97. The third-order valence-electron chi connectivity index (χ3n) is 1.97. The number of oxazole rings is 1. The molecule has 0 aliphatic carbocycles. The number of aromatic nitrogens is 1. The van der Waals surface area contributed by atoms with Gasteiger partial charge in [0.15, 0.2) is 11.7 Å². The van der Waals surface area contributed by atoms with Gasteiger partial charge in [-0.25, -0.2) is 9.37 Å². The van der Waals surface area contributed by atoms with Crippen molar-refractivity contribution in [2.24, 2.45) is 0 Å². The van der Waals surface area contributed by atoms with Crippen LogP contribution >= 0.6 is 0 Å². The largest absolute Gasteiger partial charge is 0.441 e. The van der Waals surface area contributed by atoms with E-state index in [1.54, 1.807) is 6.92 Å². The number of nitrogens with zero attached hydrogens (tertiary/aromatic N) is 1. The molecular formula is C11H10FNO. The highest BCUT2D eigenvalue weighted by Crippen LogP contribution is 2.24. The van der Waals surface area contributed by atoms with Crippen molar-refractivity contribution >= 4 is 0 Å². The lowest BCUT2D eigenvalue weighted by Crippen LogP contribution is -1.82. The lowest BCUT2D eigenvalue weighted by Gasteiger charge is -1.96. The van der Waals surface area contributed by atoms with E-state index in [-0.39, 0.29) is 0 Å². The average Bonchev–Trinajstić information content (AvgIpc) is 2.61. The number of rotatable bonds is 2. The summed E-state index contributed by atoms with van der Waals surface area (Å²) in [6.45, 7) is 1.12. The first-order valence-corrected chi connectivity index (χ1v) is 4.39. The molecule has 1 heterocycles. The summed E-state index contributed by atoms with van der Waals surface area (Å²) in [6, 6.07) is 9.42. The van der Waals surface area contributed by atoms with E-state index in [9.17, 15) is 4.39 Å². The van der Waals surface area contributed by atoms with Crippen molar-refractivity contribution in [3.63, 3.8) is 0 Å². The van der Waals surface area contributed by atoms with Crippen LogP contribution in [0.1, 0.15) is 11.6 Å². The zero-order valence-electron chi connectivity index (χ0n) is 7.83. The van der Waals surface area contributed by atoms with E-state index in [2.05, 4.69) is 4.98 Å². The quantitative estimate of drug-likeness (QED) is 0.728. The van der Waals surface area contributed by atoms with Gasteiger partial charge in [-0.05, 0) is 0 Å². The van der Waals surface area contributed by atoms with Gasteiger partial charge in [-0.2, -0.15) is 0 Å². The minimum absolute atomic E-state index is 0.369. The summed E-state index contributed by atoms with van der Waals surface area (Å²) in [5, 5.41) is 0. The van der Waals surface area contributed by atoms with Gasteiger partial charge in [0.25, 0.3) is 0 Å². The smallest absolute Gasteiger partial charge is 0.192 e. The second-order valence-electron chi connectivity index (χ2n) is 3.01. The Morgan fingerprint density at radius 3 is 2.64 bits per heavy atom. The van der Waals surface area contributed by atoms with Crippen molar-refractivity contribution in [3.05, 3.63) is 41.9 Å². The van der Waals surface area contributed by atoms with Crippen LogP contribution in [-0.2, 0) is 6.67 Å². The molecule has 0 amide bonds. The van der Waals surface area contributed by atoms with Crippen LogP contribution in [0.25, 0.3) is 11.3 Å². The molecule has 14 heavy (non-hydrogen) atoms. The van der Waals surface area contributed by atoms with Crippen LogP contribution < -0.4 is 0 Å². The van der Waals surface area contributed by atoms with Crippen LogP contribution in [0.3, 0.4) is 0 Å². The van der Waals surface area contributed by atoms with Gasteiger partial charge in [0, 0.05) is 12.5 Å². The molecule has 0 fully saturated rings. The second-order valence-corrected chi connectivity index (χ2v) is 3.01. The fourth-order valence-electron chi connectivity index (χ4n) is 1.38. The van der Waals surface area contributed by atoms with Gasteiger partial charge in [0.2, 0.25) is 0 Å². The molecule has 72 valence electrons. The molecule has 0 saturated heterocycles. The van der Waals surface area contributed by atoms with E-state index in [1.807, 2.05) is 30.3 Å². The molecule has 1 aromatic heterocycles. The standard InChI is InChI=1S/C11H10FNO/c1-8-13-10(7-12)11(14-8)9-5-3-2-4-6-9/h2-6H,7H2,1H3. The predicted molar refractivity (Wildman–Crippen MR) is 51.5 cm³/mol. The first kappa shape index (κ1) is 8.94. The van der Waals surface area contributed by atoms with Crippen molar-refractivity contribution in [3.8, 4) is 11.3 Å². The summed E-state index contributed by atoms with van der Waals surface area (Å²) < 4.78 is 17.9. The monoisotopic (exact) mass is 191 g/mol.